The van der Waals surface area contributed by atoms with Crippen molar-refractivity contribution in [1.29, 1.82) is 0 Å². The second-order valence-electron chi connectivity index (χ2n) is 7.70. The van der Waals surface area contributed by atoms with E-state index in [2.05, 4.69) is 29.2 Å². The zero-order valence-electron chi connectivity index (χ0n) is 14.5. The molecule has 2 fully saturated rings. The maximum Gasteiger partial charge on any atom is 0.410 e. The molecule has 2 saturated heterocycles. The van der Waals surface area contributed by atoms with E-state index in [0.29, 0.717) is 5.92 Å². The van der Waals surface area contributed by atoms with Crippen molar-refractivity contribution in [2.24, 2.45) is 0 Å². The molecular weight excluding hydrogens is 288 g/mol. The van der Waals surface area contributed by atoms with E-state index in [1.165, 1.54) is 37.2 Å². The minimum atomic E-state index is -0.424. The predicted molar refractivity (Wildman–Crippen MR) is 93.1 cm³/mol. The third-order valence-electron chi connectivity index (χ3n) is 4.68. The lowest BCUT2D eigenvalue weighted by molar-refractivity contribution is 0.0292. The van der Waals surface area contributed by atoms with Gasteiger partial charge in [-0.2, -0.15) is 0 Å². The number of nitrogens with zero attached hydrogens (tertiary/aromatic N) is 2. The van der Waals surface area contributed by atoms with Gasteiger partial charge in [0.2, 0.25) is 0 Å². The number of amides is 1. The molecule has 1 aromatic rings. The first kappa shape index (κ1) is 16.2. The highest BCUT2D eigenvalue weighted by atomic mass is 16.6. The number of ether oxygens (including phenoxy) is 1. The Hall–Kier alpha value is -1.71. The quantitative estimate of drug-likeness (QED) is 0.826. The van der Waals surface area contributed by atoms with Gasteiger partial charge in [0.1, 0.15) is 5.60 Å². The fourth-order valence-corrected chi connectivity index (χ4v) is 3.46. The van der Waals surface area contributed by atoms with Gasteiger partial charge in [-0.1, -0.05) is 12.1 Å². The van der Waals surface area contributed by atoms with Crippen molar-refractivity contribution in [3.8, 4) is 0 Å². The summed E-state index contributed by atoms with van der Waals surface area (Å²) in [4.78, 5) is 16.5. The van der Waals surface area contributed by atoms with Crippen LogP contribution in [0.15, 0.2) is 24.3 Å². The molecule has 0 radical (unpaired) electrons. The zero-order chi connectivity index (χ0) is 16.4. The maximum absolute atomic E-state index is 12.2. The van der Waals surface area contributed by atoms with Crippen LogP contribution in [0, 0.1) is 0 Å². The molecule has 0 aromatic heterocycles. The molecule has 0 N–H and O–H groups in total. The van der Waals surface area contributed by atoms with Gasteiger partial charge in [0.15, 0.2) is 0 Å². The van der Waals surface area contributed by atoms with E-state index in [4.69, 9.17) is 4.74 Å². The summed E-state index contributed by atoms with van der Waals surface area (Å²) in [7, 11) is 0. The monoisotopic (exact) mass is 316 g/mol. The second kappa shape index (κ2) is 6.42. The van der Waals surface area contributed by atoms with Crippen LogP contribution in [-0.2, 0) is 4.74 Å². The molecule has 1 aromatic carbocycles. The number of carbonyl (C=O) groups is 1. The molecule has 3 rings (SSSR count). The van der Waals surface area contributed by atoms with Gasteiger partial charge in [0.25, 0.3) is 0 Å². The zero-order valence-corrected chi connectivity index (χ0v) is 14.5. The molecule has 0 unspecified atom stereocenters. The Labute approximate surface area is 139 Å². The molecule has 1 atom stereocenters. The molecule has 23 heavy (non-hydrogen) atoms. The second-order valence-corrected chi connectivity index (χ2v) is 7.70. The van der Waals surface area contributed by atoms with Crippen LogP contribution in [0.5, 0.6) is 0 Å². The average Bonchev–Trinajstić information content (AvgIpc) is 3.18. The molecule has 4 nitrogen and oxygen atoms in total. The molecule has 0 spiro atoms. The molecule has 2 heterocycles. The Balaban J connectivity index is 1.59. The summed E-state index contributed by atoms with van der Waals surface area (Å²) in [5, 5.41) is 0. The Kier molecular flexibility index (Phi) is 4.51. The topological polar surface area (TPSA) is 32.8 Å². The largest absolute Gasteiger partial charge is 0.444 e. The number of rotatable bonds is 2. The van der Waals surface area contributed by atoms with E-state index in [1.807, 2.05) is 25.7 Å². The minimum Gasteiger partial charge on any atom is -0.444 e. The normalized spacial score (nSPS) is 21.8. The van der Waals surface area contributed by atoms with Crippen LogP contribution in [-0.4, -0.2) is 42.8 Å². The van der Waals surface area contributed by atoms with Crippen LogP contribution in [0.25, 0.3) is 0 Å². The highest BCUT2D eigenvalue weighted by molar-refractivity contribution is 5.68. The van der Waals surface area contributed by atoms with Crippen molar-refractivity contribution >= 4 is 11.8 Å². The lowest BCUT2D eigenvalue weighted by Crippen LogP contribution is -2.35. The maximum atomic E-state index is 12.2. The van der Waals surface area contributed by atoms with Gasteiger partial charge in [-0.3, -0.25) is 0 Å². The third kappa shape index (κ3) is 3.98. The molecule has 126 valence electrons. The Morgan fingerprint density at radius 2 is 1.74 bits per heavy atom. The van der Waals surface area contributed by atoms with Crippen LogP contribution >= 0.6 is 0 Å². The molecular formula is C19H28N2O2. The lowest BCUT2D eigenvalue weighted by Gasteiger charge is -2.24. The highest BCUT2D eigenvalue weighted by Gasteiger charge is 2.30. The van der Waals surface area contributed by atoms with Gasteiger partial charge in [-0.05, 0) is 57.7 Å². The fourth-order valence-electron chi connectivity index (χ4n) is 3.46. The van der Waals surface area contributed by atoms with Crippen LogP contribution in [0.2, 0.25) is 0 Å². The number of carbonyl (C=O) groups excluding carboxylic acids is 1. The van der Waals surface area contributed by atoms with E-state index in [1.54, 1.807) is 0 Å². The van der Waals surface area contributed by atoms with Crippen molar-refractivity contribution in [1.82, 2.24) is 4.90 Å². The van der Waals surface area contributed by atoms with Crippen molar-refractivity contribution < 1.29 is 9.53 Å². The van der Waals surface area contributed by atoms with E-state index in [9.17, 15) is 4.79 Å². The lowest BCUT2D eigenvalue weighted by atomic mass is 9.98. The van der Waals surface area contributed by atoms with Crippen LogP contribution in [0.4, 0.5) is 10.5 Å². The summed E-state index contributed by atoms with van der Waals surface area (Å²) in [6, 6.07) is 8.93. The first-order valence-corrected chi connectivity index (χ1v) is 8.75. The van der Waals surface area contributed by atoms with Gasteiger partial charge in [0, 0.05) is 37.8 Å². The predicted octanol–water partition coefficient (Wildman–Crippen LogP) is 4.01. The Morgan fingerprint density at radius 3 is 2.35 bits per heavy atom. The van der Waals surface area contributed by atoms with Crippen LogP contribution in [0.1, 0.15) is 51.5 Å². The summed E-state index contributed by atoms with van der Waals surface area (Å²) < 4.78 is 5.47. The molecule has 0 aliphatic carbocycles. The first-order chi connectivity index (χ1) is 10.9. The standard InChI is InChI=1S/C19H28N2O2/c1-19(2,3)23-18(22)21-13-10-16(14-21)15-6-8-17(9-7-15)20-11-4-5-12-20/h6-9,16H,4-5,10-14H2,1-3H3/t16-/m1/s1. The highest BCUT2D eigenvalue weighted by Crippen LogP contribution is 2.30. The van der Waals surface area contributed by atoms with Gasteiger partial charge < -0.3 is 14.5 Å². The van der Waals surface area contributed by atoms with Crippen molar-refractivity contribution in [2.75, 3.05) is 31.1 Å². The molecule has 4 heteroatoms. The van der Waals surface area contributed by atoms with Crippen LogP contribution in [0.3, 0.4) is 0 Å². The van der Waals surface area contributed by atoms with Gasteiger partial charge in [-0.25, -0.2) is 4.79 Å². The Bertz CT molecular complexity index is 541. The SMILES string of the molecule is CC(C)(C)OC(=O)N1CC[C@@H](c2ccc(N3CCCC3)cc2)C1. The molecule has 2 aliphatic rings. The van der Waals surface area contributed by atoms with E-state index < -0.39 is 5.60 Å². The van der Waals surface area contributed by atoms with E-state index >= 15 is 0 Å². The first-order valence-electron chi connectivity index (χ1n) is 8.75. The summed E-state index contributed by atoms with van der Waals surface area (Å²) in [5.74, 6) is 0.426. The summed E-state index contributed by atoms with van der Waals surface area (Å²) in [6.07, 6.45) is 3.43. The van der Waals surface area contributed by atoms with E-state index in [0.717, 1.165) is 19.5 Å². The van der Waals surface area contributed by atoms with E-state index in [-0.39, 0.29) is 6.09 Å². The summed E-state index contributed by atoms with van der Waals surface area (Å²) >= 11 is 0. The molecule has 0 saturated carbocycles. The van der Waals surface area contributed by atoms with Gasteiger partial charge in [-0.15, -0.1) is 0 Å². The molecule has 1 amide bonds. The van der Waals surface area contributed by atoms with Gasteiger partial charge >= 0.3 is 6.09 Å². The smallest absolute Gasteiger partial charge is 0.410 e. The van der Waals surface area contributed by atoms with Crippen molar-refractivity contribution in [2.45, 2.75) is 51.6 Å². The average molecular weight is 316 g/mol. The fraction of sp³-hybridized carbons (Fsp3) is 0.632. The van der Waals surface area contributed by atoms with Gasteiger partial charge in [0.05, 0.1) is 0 Å². The minimum absolute atomic E-state index is 0.186. The number of hydrogen-bond acceptors (Lipinski definition) is 3. The molecule has 2 aliphatic heterocycles. The third-order valence-corrected chi connectivity index (χ3v) is 4.68. The van der Waals surface area contributed by atoms with Crippen molar-refractivity contribution in [3.05, 3.63) is 29.8 Å². The number of anilines is 1. The molecule has 0 bridgehead atoms. The summed E-state index contributed by atoms with van der Waals surface area (Å²) in [5.41, 5.74) is 2.24. The summed E-state index contributed by atoms with van der Waals surface area (Å²) in [6.45, 7) is 9.64. The number of likely N-dealkylation sites (tertiary alicyclic amines) is 1. The van der Waals surface area contributed by atoms with Crippen LogP contribution < -0.4 is 4.90 Å². The van der Waals surface area contributed by atoms with Crippen molar-refractivity contribution in [3.63, 3.8) is 0 Å². The Morgan fingerprint density at radius 1 is 1.09 bits per heavy atom. The number of hydrogen-bond donors (Lipinski definition) is 0. The number of benzene rings is 1.